The largest absolute Gasteiger partial charge is 0.496 e. The van der Waals surface area contributed by atoms with E-state index in [1.54, 1.807) is 12.1 Å². The van der Waals surface area contributed by atoms with Gasteiger partial charge in [-0.05, 0) is 48.2 Å². The fourth-order valence-corrected chi connectivity index (χ4v) is 3.61. The monoisotopic (exact) mass is 390 g/mol. The van der Waals surface area contributed by atoms with Crippen molar-refractivity contribution < 1.29 is 17.9 Å². The molecule has 0 aliphatic carbocycles. The second-order valence-corrected chi connectivity index (χ2v) is 8.62. The molecular weight excluding hydrogens is 364 g/mol. The summed E-state index contributed by atoms with van der Waals surface area (Å²) in [5.74, 6) is 0.473. The number of hydrogen-bond acceptors (Lipinski definition) is 4. The zero-order valence-electron chi connectivity index (χ0n) is 16.2. The van der Waals surface area contributed by atoms with Crippen LogP contribution in [0.1, 0.15) is 23.1 Å². The molecule has 0 atom stereocenters. The predicted octanol–water partition coefficient (Wildman–Crippen LogP) is 2.50. The summed E-state index contributed by atoms with van der Waals surface area (Å²) in [7, 11) is 0.957. The zero-order valence-corrected chi connectivity index (χ0v) is 17.0. The molecule has 0 aromatic heterocycles. The van der Waals surface area contributed by atoms with Crippen molar-refractivity contribution in [2.75, 3.05) is 21.2 Å². The summed E-state index contributed by atoms with van der Waals surface area (Å²) in [4.78, 5) is 12.4. The van der Waals surface area contributed by atoms with Crippen molar-refractivity contribution in [2.45, 2.75) is 31.2 Å². The van der Waals surface area contributed by atoms with E-state index in [4.69, 9.17) is 4.74 Å². The van der Waals surface area contributed by atoms with Crippen LogP contribution in [0.5, 0.6) is 5.75 Å². The summed E-state index contributed by atoms with van der Waals surface area (Å²) in [6.07, 6.45) is 0.632. The van der Waals surface area contributed by atoms with E-state index in [1.807, 2.05) is 31.2 Å². The molecule has 0 aliphatic rings. The number of carbonyl (C=O) groups is 1. The summed E-state index contributed by atoms with van der Waals surface area (Å²) in [5.41, 5.74) is 2.88. The molecule has 2 aromatic rings. The Morgan fingerprint density at radius 3 is 2.44 bits per heavy atom. The maximum absolute atomic E-state index is 12.3. The fourth-order valence-electron chi connectivity index (χ4n) is 2.66. The van der Waals surface area contributed by atoms with Gasteiger partial charge in [0.2, 0.25) is 15.9 Å². The number of carbonyl (C=O) groups excluding carboxylic acids is 1. The Labute approximate surface area is 161 Å². The summed E-state index contributed by atoms with van der Waals surface area (Å²) in [6.45, 7) is 2.47. The van der Waals surface area contributed by atoms with E-state index in [0.717, 1.165) is 15.4 Å². The Kier molecular flexibility index (Phi) is 6.98. The fraction of sp³-hybridized carbons (Fsp3) is 0.350. The first-order valence-corrected chi connectivity index (χ1v) is 10.1. The van der Waals surface area contributed by atoms with Gasteiger partial charge in [0.15, 0.2) is 0 Å². The standard InChI is InChI=1S/C20H26N2O4S/c1-15-7-5-6-8-17(15)14-21-20(23)12-9-16-13-18(10-11-19(16)26-4)27(24,25)22(2)3/h5-8,10-11,13H,9,12,14H2,1-4H3,(H,21,23). The topological polar surface area (TPSA) is 75.7 Å². The smallest absolute Gasteiger partial charge is 0.242 e. The van der Waals surface area contributed by atoms with Gasteiger partial charge in [-0.2, -0.15) is 0 Å². The SMILES string of the molecule is COc1ccc(S(=O)(=O)N(C)C)cc1CCC(=O)NCc1ccccc1C. The maximum atomic E-state index is 12.3. The number of benzene rings is 2. The first-order valence-electron chi connectivity index (χ1n) is 8.66. The summed E-state index contributed by atoms with van der Waals surface area (Å²) in [5, 5.41) is 2.90. The molecule has 0 unspecified atom stereocenters. The molecule has 2 rings (SSSR count). The highest BCUT2D eigenvalue weighted by molar-refractivity contribution is 7.89. The van der Waals surface area contributed by atoms with Crippen LogP contribution in [0.25, 0.3) is 0 Å². The van der Waals surface area contributed by atoms with Crippen molar-refractivity contribution >= 4 is 15.9 Å². The lowest BCUT2D eigenvalue weighted by Crippen LogP contribution is -2.24. The molecular formula is C20H26N2O4S. The minimum absolute atomic E-state index is 0.0961. The number of nitrogens with zero attached hydrogens (tertiary/aromatic N) is 1. The molecule has 0 radical (unpaired) electrons. The molecule has 0 aliphatic heterocycles. The van der Waals surface area contributed by atoms with E-state index < -0.39 is 10.0 Å². The average Bonchev–Trinajstić information content (AvgIpc) is 2.65. The van der Waals surface area contributed by atoms with Gasteiger partial charge in [-0.3, -0.25) is 4.79 Å². The van der Waals surface area contributed by atoms with Gasteiger partial charge in [0.05, 0.1) is 12.0 Å². The third-order valence-electron chi connectivity index (χ3n) is 4.39. The minimum atomic E-state index is -3.54. The van der Waals surface area contributed by atoms with Crippen molar-refractivity contribution in [2.24, 2.45) is 0 Å². The Balaban J connectivity index is 2.05. The summed E-state index contributed by atoms with van der Waals surface area (Å²) < 4.78 is 31.1. The Bertz CT molecular complexity index is 908. The third-order valence-corrected chi connectivity index (χ3v) is 6.20. The molecule has 0 fully saturated rings. The Morgan fingerprint density at radius 2 is 1.81 bits per heavy atom. The van der Waals surface area contributed by atoms with Crippen molar-refractivity contribution in [1.82, 2.24) is 9.62 Å². The van der Waals surface area contributed by atoms with Crippen LogP contribution < -0.4 is 10.1 Å². The number of nitrogens with one attached hydrogen (secondary N) is 1. The van der Waals surface area contributed by atoms with E-state index in [9.17, 15) is 13.2 Å². The molecule has 0 bridgehead atoms. The first kappa shape index (κ1) is 20.9. The third kappa shape index (κ3) is 5.30. The van der Waals surface area contributed by atoms with Crippen molar-refractivity contribution in [3.05, 3.63) is 59.2 Å². The van der Waals surface area contributed by atoms with Crippen LogP contribution in [-0.4, -0.2) is 39.8 Å². The highest BCUT2D eigenvalue weighted by Crippen LogP contribution is 2.25. The quantitative estimate of drug-likeness (QED) is 0.751. The number of hydrogen-bond donors (Lipinski definition) is 1. The first-order chi connectivity index (χ1) is 12.8. The Morgan fingerprint density at radius 1 is 1.11 bits per heavy atom. The van der Waals surface area contributed by atoms with Crippen molar-refractivity contribution in [3.8, 4) is 5.75 Å². The van der Waals surface area contributed by atoms with Gasteiger partial charge in [0.1, 0.15) is 5.75 Å². The molecule has 1 amide bonds. The number of rotatable bonds is 8. The van der Waals surface area contributed by atoms with Crippen LogP contribution in [-0.2, 0) is 27.8 Å². The lowest BCUT2D eigenvalue weighted by atomic mass is 10.1. The normalized spacial score (nSPS) is 11.4. The molecule has 7 heteroatoms. The minimum Gasteiger partial charge on any atom is -0.496 e. The van der Waals surface area contributed by atoms with Gasteiger partial charge in [-0.25, -0.2) is 12.7 Å². The molecule has 0 saturated carbocycles. The van der Waals surface area contributed by atoms with Crippen LogP contribution in [0, 0.1) is 6.92 Å². The number of aryl methyl sites for hydroxylation is 2. The van der Waals surface area contributed by atoms with Gasteiger partial charge in [-0.15, -0.1) is 0 Å². The van der Waals surface area contributed by atoms with Crippen LogP contribution in [0.3, 0.4) is 0 Å². The number of amides is 1. The van der Waals surface area contributed by atoms with Crippen molar-refractivity contribution in [3.63, 3.8) is 0 Å². The average molecular weight is 391 g/mol. The second-order valence-electron chi connectivity index (χ2n) is 6.46. The molecule has 146 valence electrons. The summed E-state index contributed by atoms with van der Waals surface area (Å²) in [6, 6.07) is 12.6. The van der Waals surface area contributed by atoms with Crippen molar-refractivity contribution in [1.29, 1.82) is 0 Å². The van der Waals surface area contributed by atoms with Gasteiger partial charge in [0, 0.05) is 27.1 Å². The van der Waals surface area contributed by atoms with Gasteiger partial charge >= 0.3 is 0 Å². The van der Waals surface area contributed by atoms with E-state index >= 15 is 0 Å². The lowest BCUT2D eigenvalue weighted by molar-refractivity contribution is -0.121. The van der Waals surface area contributed by atoms with Gasteiger partial charge in [0.25, 0.3) is 0 Å². The molecule has 27 heavy (non-hydrogen) atoms. The van der Waals surface area contributed by atoms with Crippen LogP contribution in [0.15, 0.2) is 47.4 Å². The van der Waals surface area contributed by atoms with E-state index in [0.29, 0.717) is 24.3 Å². The highest BCUT2D eigenvalue weighted by atomic mass is 32.2. The molecule has 0 heterocycles. The number of ether oxygens (including phenoxy) is 1. The maximum Gasteiger partial charge on any atom is 0.242 e. The summed E-state index contributed by atoms with van der Waals surface area (Å²) >= 11 is 0. The van der Waals surface area contributed by atoms with E-state index in [1.165, 1.54) is 27.3 Å². The molecule has 2 aromatic carbocycles. The highest BCUT2D eigenvalue weighted by Gasteiger charge is 2.19. The molecule has 6 nitrogen and oxygen atoms in total. The lowest BCUT2D eigenvalue weighted by Gasteiger charge is -2.14. The van der Waals surface area contributed by atoms with Crippen LogP contribution in [0.4, 0.5) is 0 Å². The van der Waals surface area contributed by atoms with Crippen LogP contribution >= 0.6 is 0 Å². The number of sulfonamides is 1. The van der Waals surface area contributed by atoms with Gasteiger partial charge in [-0.1, -0.05) is 24.3 Å². The molecule has 0 spiro atoms. The predicted molar refractivity (Wildman–Crippen MR) is 105 cm³/mol. The number of methoxy groups -OCH3 is 1. The zero-order chi connectivity index (χ0) is 20.0. The van der Waals surface area contributed by atoms with E-state index in [2.05, 4.69) is 5.32 Å². The van der Waals surface area contributed by atoms with Gasteiger partial charge < -0.3 is 10.1 Å². The molecule has 0 saturated heterocycles. The van der Waals surface area contributed by atoms with Crippen LogP contribution in [0.2, 0.25) is 0 Å². The Hall–Kier alpha value is -2.38. The second kappa shape index (κ2) is 9.01. The van der Waals surface area contributed by atoms with E-state index in [-0.39, 0.29) is 17.2 Å². The molecule has 1 N–H and O–H groups in total.